The fourth-order valence-corrected chi connectivity index (χ4v) is 2.61. The Morgan fingerprint density at radius 1 is 1.17 bits per heavy atom. The van der Waals surface area contributed by atoms with E-state index in [2.05, 4.69) is 10.6 Å². The summed E-state index contributed by atoms with van der Waals surface area (Å²) < 4.78 is 5.66. The van der Waals surface area contributed by atoms with Gasteiger partial charge in [-0.05, 0) is 36.9 Å². The molecule has 1 amide bonds. The second-order valence-electron chi connectivity index (χ2n) is 5.15. The Bertz CT molecular complexity index is 682. The van der Waals surface area contributed by atoms with Crippen molar-refractivity contribution in [1.29, 1.82) is 0 Å². The number of anilines is 1. The number of benzene rings is 2. The van der Waals surface area contributed by atoms with E-state index in [1.807, 2.05) is 19.2 Å². The van der Waals surface area contributed by atoms with Crippen LogP contribution in [0.25, 0.3) is 0 Å². The molecule has 0 fully saturated rings. The van der Waals surface area contributed by atoms with Gasteiger partial charge >= 0.3 is 0 Å². The number of nitrogens with two attached hydrogens (primary N) is 1. The Hall–Kier alpha value is -1.95. The second kappa shape index (κ2) is 8.78. The molecule has 0 saturated heterocycles. The first kappa shape index (κ1) is 18.4. The number of carbonyl (C=O) groups is 1. The van der Waals surface area contributed by atoms with Crippen LogP contribution in [0, 0.1) is 0 Å². The summed E-state index contributed by atoms with van der Waals surface area (Å²) in [6.45, 7) is 1.59. The fourth-order valence-electron chi connectivity index (χ4n) is 2.04. The van der Waals surface area contributed by atoms with Gasteiger partial charge in [0.25, 0.3) is 5.91 Å². The lowest BCUT2D eigenvalue weighted by Crippen LogP contribution is -2.30. The maximum absolute atomic E-state index is 11.9. The molecule has 2 aromatic carbocycles. The van der Waals surface area contributed by atoms with Crippen molar-refractivity contribution in [1.82, 2.24) is 10.6 Å². The average molecular weight is 368 g/mol. The quantitative estimate of drug-likeness (QED) is 0.519. The van der Waals surface area contributed by atoms with Gasteiger partial charge in [-0.1, -0.05) is 35.3 Å². The van der Waals surface area contributed by atoms with Gasteiger partial charge in [0.05, 0.1) is 10.7 Å². The Morgan fingerprint density at radius 2 is 1.88 bits per heavy atom. The van der Waals surface area contributed by atoms with E-state index in [1.54, 1.807) is 24.3 Å². The summed E-state index contributed by atoms with van der Waals surface area (Å²) in [7, 11) is 1.83. The summed E-state index contributed by atoms with van der Waals surface area (Å²) >= 11 is 12.0. The SMILES string of the molecule is CNCCNC(=O)c1ccc(COc2c(N)cc(Cl)cc2Cl)cc1. The van der Waals surface area contributed by atoms with Crippen molar-refractivity contribution in [3.63, 3.8) is 0 Å². The van der Waals surface area contributed by atoms with Gasteiger partial charge in [-0.3, -0.25) is 4.79 Å². The highest BCUT2D eigenvalue weighted by Gasteiger charge is 2.09. The third-order valence-corrected chi connectivity index (χ3v) is 3.80. The predicted octanol–water partition coefficient (Wildman–Crippen LogP) is 3.10. The van der Waals surface area contributed by atoms with Crippen LogP contribution in [0.2, 0.25) is 10.0 Å². The van der Waals surface area contributed by atoms with Crippen molar-refractivity contribution in [3.8, 4) is 5.75 Å². The van der Waals surface area contributed by atoms with Crippen LogP contribution in [0.4, 0.5) is 5.69 Å². The van der Waals surface area contributed by atoms with E-state index in [0.29, 0.717) is 33.6 Å². The molecule has 2 rings (SSSR count). The summed E-state index contributed by atoms with van der Waals surface area (Å²) in [4.78, 5) is 11.9. The molecular weight excluding hydrogens is 349 g/mol. The summed E-state index contributed by atoms with van der Waals surface area (Å²) in [5.41, 5.74) is 7.73. The zero-order chi connectivity index (χ0) is 17.5. The molecule has 5 nitrogen and oxygen atoms in total. The molecule has 4 N–H and O–H groups in total. The number of ether oxygens (including phenoxy) is 1. The number of amides is 1. The molecule has 128 valence electrons. The maximum atomic E-state index is 11.9. The fraction of sp³-hybridized carbons (Fsp3) is 0.235. The van der Waals surface area contributed by atoms with Gasteiger partial charge in [-0.25, -0.2) is 0 Å². The number of halogens is 2. The molecule has 24 heavy (non-hydrogen) atoms. The third-order valence-electron chi connectivity index (χ3n) is 3.30. The van der Waals surface area contributed by atoms with Gasteiger partial charge in [0, 0.05) is 23.7 Å². The zero-order valence-electron chi connectivity index (χ0n) is 13.2. The summed E-state index contributed by atoms with van der Waals surface area (Å²) in [6, 6.07) is 10.3. The van der Waals surface area contributed by atoms with E-state index < -0.39 is 0 Å². The van der Waals surface area contributed by atoms with Crippen LogP contribution in [-0.4, -0.2) is 26.0 Å². The summed E-state index contributed by atoms with van der Waals surface area (Å²) in [6.07, 6.45) is 0. The van der Waals surface area contributed by atoms with E-state index in [1.165, 1.54) is 0 Å². The lowest BCUT2D eigenvalue weighted by atomic mass is 10.1. The van der Waals surface area contributed by atoms with E-state index in [4.69, 9.17) is 33.7 Å². The average Bonchev–Trinajstić information content (AvgIpc) is 2.54. The minimum Gasteiger partial charge on any atom is -0.485 e. The Balaban J connectivity index is 1.96. The molecule has 0 aliphatic carbocycles. The first-order chi connectivity index (χ1) is 11.5. The summed E-state index contributed by atoms with van der Waals surface area (Å²) in [5, 5.41) is 6.60. The highest BCUT2D eigenvalue weighted by atomic mass is 35.5. The second-order valence-corrected chi connectivity index (χ2v) is 5.99. The van der Waals surface area contributed by atoms with E-state index >= 15 is 0 Å². The molecule has 2 aromatic rings. The van der Waals surface area contributed by atoms with Crippen molar-refractivity contribution >= 4 is 34.8 Å². The highest BCUT2D eigenvalue weighted by molar-refractivity contribution is 6.36. The number of likely N-dealkylation sites (N-methyl/N-ethyl adjacent to an activating group) is 1. The van der Waals surface area contributed by atoms with Crippen molar-refractivity contribution in [2.75, 3.05) is 25.9 Å². The van der Waals surface area contributed by atoms with Crippen LogP contribution in [0.15, 0.2) is 36.4 Å². The van der Waals surface area contributed by atoms with Gasteiger partial charge < -0.3 is 21.1 Å². The van der Waals surface area contributed by atoms with E-state index in [0.717, 1.165) is 12.1 Å². The monoisotopic (exact) mass is 367 g/mol. The molecule has 0 heterocycles. The number of nitrogens with one attached hydrogen (secondary N) is 2. The van der Waals surface area contributed by atoms with Gasteiger partial charge in [-0.15, -0.1) is 0 Å². The normalized spacial score (nSPS) is 10.5. The van der Waals surface area contributed by atoms with Crippen molar-refractivity contribution in [3.05, 3.63) is 57.6 Å². The minimum atomic E-state index is -0.109. The third kappa shape index (κ3) is 5.03. The lowest BCUT2D eigenvalue weighted by Gasteiger charge is -2.11. The van der Waals surface area contributed by atoms with Crippen molar-refractivity contribution in [2.45, 2.75) is 6.61 Å². The predicted molar refractivity (Wildman–Crippen MR) is 97.9 cm³/mol. The van der Waals surface area contributed by atoms with Crippen LogP contribution >= 0.6 is 23.2 Å². The van der Waals surface area contributed by atoms with Crippen LogP contribution in [0.5, 0.6) is 5.75 Å². The molecule has 0 radical (unpaired) electrons. The first-order valence-corrected chi connectivity index (χ1v) is 8.16. The molecule has 0 atom stereocenters. The molecule has 0 aliphatic rings. The number of nitrogen functional groups attached to an aromatic ring is 1. The van der Waals surface area contributed by atoms with E-state index in [9.17, 15) is 4.79 Å². The van der Waals surface area contributed by atoms with Crippen molar-refractivity contribution in [2.24, 2.45) is 0 Å². The Morgan fingerprint density at radius 3 is 2.50 bits per heavy atom. The largest absolute Gasteiger partial charge is 0.485 e. The molecule has 0 unspecified atom stereocenters. The molecule has 7 heteroatoms. The Labute approximate surface area is 151 Å². The Kier molecular flexibility index (Phi) is 6.73. The van der Waals surface area contributed by atoms with Crippen LogP contribution in [0.1, 0.15) is 15.9 Å². The van der Waals surface area contributed by atoms with Gasteiger partial charge in [0.1, 0.15) is 6.61 Å². The molecule has 0 bridgehead atoms. The molecular formula is C17H19Cl2N3O2. The minimum absolute atomic E-state index is 0.109. The highest BCUT2D eigenvalue weighted by Crippen LogP contribution is 2.34. The molecule has 0 saturated carbocycles. The van der Waals surface area contributed by atoms with Gasteiger partial charge in [0.2, 0.25) is 0 Å². The zero-order valence-corrected chi connectivity index (χ0v) is 14.7. The molecule has 0 aromatic heterocycles. The van der Waals surface area contributed by atoms with Crippen LogP contribution < -0.4 is 21.1 Å². The number of hydrogen-bond acceptors (Lipinski definition) is 4. The first-order valence-electron chi connectivity index (χ1n) is 7.40. The molecule has 0 spiro atoms. The number of hydrogen-bond donors (Lipinski definition) is 3. The summed E-state index contributed by atoms with van der Waals surface area (Å²) in [5.74, 6) is 0.290. The topological polar surface area (TPSA) is 76.4 Å². The van der Waals surface area contributed by atoms with Crippen LogP contribution in [-0.2, 0) is 6.61 Å². The van der Waals surface area contributed by atoms with Gasteiger partial charge in [-0.2, -0.15) is 0 Å². The van der Waals surface area contributed by atoms with E-state index in [-0.39, 0.29) is 12.5 Å². The number of rotatable bonds is 7. The number of carbonyl (C=O) groups excluding carboxylic acids is 1. The lowest BCUT2D eigenvalue weighted by molar-refractivity contribution is 0.0954. The molecule has 0 aliphatic heterocycles. The smallest absolute Gasteiger partial charge is 0.251 e. The standard InChI is InChI=1S/C17H19Cl2N3O2/c1-21-6-7-22-17(23)12-4-2-11(3-5-12)10-24-16-14(19)8-13(18)9-15(16)20/h2-5,8-9,21H,6-7,10,20H2,1H3,(H,22,23). The maximum Gasteiger partial charge on any atom is 0.251 e. The van der Waals surface area contributed by atoms with Crippen LogP contribution in [0.3, 0.4) is 0 Å². The van der Waals surface area contributed by atoms with Crippen molar-refractivity contribution < 1.29 is 9.53 Å². The van der Waals surface area contributed by atoms with Gasteiger partial charge in [0.15, 0.2) is 5.75 Å².